The van der Waals surface area contributed by atoms with Crippen molar-refractivity contribution in [2.24, 2.45) is 11.8 Å². The van der Waals surface area contributed by atoms with E-state index in [2.05, 4.69) is 9.55 Å². The quantitative estimate of drug-likeness (QED) is 0.582. The van der Waals surface area contributed by atoms with E-state index in [1.807, 2.05) is 18.6 Å². The molecule has 2 N–H and O–H groups in total. The van der Waals surface area contributed by atoms with Crippen LogP contribution in [0.5, 0.6) is 11.5 Å². The third-order valence-electron chi connectivity index (χ3n) is 9.18. The number of nitrogens with zero attached hydrogens (tertiary/aromatic N) is 3. The average molecular weight is 424 g/mol. The first kappa shape index (κ1) is 18.5. The summed E-state index contributed by atoms with van der Waals surface area (Å²) in [5.74, 6) is 1.39. The molecule has 164 valence electrons. The first-order chi connectivity index (χ1) is 14.9. The molecule has 6 atom stereocenters. The summed E-state index contributed by atoms with van der Waals surface area (Å²) in [6.07, 6.45) is 10.2. The summed E-state index contributed by atoms with van der Waals surface area (Å²) in [6.45, 7) is 1.92. The van der Waals surface area contributed by atoms with E-state index >= 15 is 0 Å². The Morgan fingerprint density at radius 3 is 2.90 bits per heavy atom. The fourth-order valence-electron chi connectivity index (χ4n) is 7.71. The predicted octanol–water partition coefficient (Wildman–Crippen LogP) is 2.48. The van der Waals surface area contributed by atoms with Gasteiger partial charge < -0.3 is 29.4 Å². The number of phenols is 1. The third-order valence-corrected chi connectivity index (χ3v) is 9.18. The summed E-state index contributed by atoms with van der Waals surface area (Å²) >= 11 is 0. The number of rotatable bonds is 4. The zero-order valence-electron chi connectivity index (χ0n) is 17.6. The molecule has 1 aromatic heterocycles. The molecule has 1 spiro atoms. The number of hydroxylamine groups is 3. The Bertz CT molecular complexity index is 1050. The van der Waals surface area contributed by atoms with E-state index in [1.165, 1.54) is 0 Å². The van der Waals surface area contributed by atoms with Crippen LogP contribution in [0.3, 0.4) is 0 Å². The van der Waals surface area contributed by atoms with Crippen LogP contribution < -0.4 is 4.74 Å². The Morgan fingerprint density at radius 1 is 1.26 bits per heavy atom. The van der Waals surface area contributed by atoms with Crippen LogP contribution in [0.1, 0.15) is 43.2 Å². The van der Waals surface area contributed by atoms with Crippen LogP contribution in [-0.4, -0.2) is 55.2 Å². The molecule has 3 fully saturated rings. The summed E-state index contributed by atoms with van der Waals surface area (Å²) in [6, 6.07) is 3.30. The van der Waals surface area contributed by atoms with Gasteiger partial charge in [-0.2, -0.15) is 0 Å². The first-order valence-corrected chi connectivity index (χ1v) is 11.7. The SMILES string of the molecule is [O-][N+]1(CC2CC2)CC[C@]23c4c5ccc(O)c4OC2C(Cn2ccnc2)CC[C@@]3(O)[C@H]1C5. The number of imidazole rings is 1. The molecule has 7 heteroatoms. The Labute approximate surface area is 181 Å². The van der Waals surface area contributed by atoms with Crippen molar-refractivity contribution in [3.63, 3.8) is 0 Å². The van der Waals surface area contributed by atoms with Gasteiger partial charge in [0.2, 0.25) is 0 Å². The van der Waals surface area contributed by atoms with Crippen molar-refractivity contribution >= 4 is 0 Å². The number of phenolic OH excluding ortho intramolecular Hbond substituents is 1. The zero-order valence-corrected chi connectivity index (χ0v) is 17.6. The van der Waals surface area contributed by atoms with Gasteiger partial charge >= 0.3 is 0 Å². The molecule has 7 nitrogen and oxygen atoms in total. The Hall–Kier alpha value is -2.09. The van der Waals surface area contributed by atoms with E-state index in [0.29, 0.717) is 44.0 Å². The zero-order chi connectivity index (χ0) is 21.0. The van der Waals surface area contributed by atoms with Gasteiger partial charge in [-0.3, -0.25) is 0 Å². The Kier molecular flexibility index (Phi) is 3.47. The van der Waals surface area contributed by atoms with E-state index in [4.69, 9.17) is 4.74 Å². The maximum atomic E-state index is 14.2. The monoisotopic (exact) mass is 423 g/mol. The predicted molar refractivity (Wildman–Crippen MR) is 112 cm³/mol. The molecule has 0 radical (unpaired) electrons. The highest BCUT2D eigenvalue weighted by molar-refractivity contribution is 5.62. The number of likely N-dealkylation sites (tertiary alicyclic amines) is 1. The van der Waals surface area contributed by atoms with Crippen LogP contribution in [0.25, 0.3) is 0 Å². The smallest absolute Gasteiger partial charge is 0.165 e. The molecule has 2 aromatic rings. The molecule has 5 aliphatic rings. The van der Waals surface area contributed by atoms with Gasteiger partial charge in [0.15, 0.2) is 11.5 Å². The van der Waals surface area contributed by atoms with Crippen LogP contribution in [0.4, 0.5) is 0 Å². The van der Waals surface area contributed by atoms with Crippen molar-refractivity contribution in [1.29, 1.82) is 0 Å². The van der Waals surface area contributed by atoms with Crippen LogP contribution >= 0.6 is 0 Å². The highest BCUT2D eigenvalue weighted by Gasteiger charge is 2.75. The Morgan fingerprint density at radius 2 is 2.13 bits per heavy atom. The normalized spacial score (nSPS) is 42.2. The fourth-order valence-corrected chi connectivity index (χ4v) is 7.71. The maximum absolute atomic E-state index is 14.2. The number of hydrogen-bond acceptors (Lipinski definition) is 5. The van der Waals surface area contributed by atoms with Gasteiger partial charge in [-0.15, -0.1) is 0 Å². The lowest BCUT2D eigenvalue weighted by molar-refractivity contribution is -0.924. The van der Waals surface area contributed by atoms with Gasteiger partial charge in [0.25, 0.3) is 0 Å². The number of aromatic hydroxyl groups is 1. The van der Waals surface area contributed by atoms with Crippen molar-refractivity contribution in [3.8, 4) is 11.5 Å². The molecule has 1 saturated heterocycles. The van der Waals surface area contributed by atoms with Gasteiger partial charge in [-0.1, -0.05) is 6.07 Å². The minimum Gasteiger partial charge on any atom is -0.632 e. The number of quaternary nitrogens is 1. The highest BCUT2D eigenvalue weighted by Crippen LogP contribution is 2.67. The van der Waals surface area contributed by atoms with E-state index in [0.717, 1.165) is 36.9 Å². The second-order valence-electron chi connectivity index (χ2n) is 10.7. The van der Waals surface area contributed by atoms with E-state index in [-0.39, 0.29) is 28.5 Å². The molecule has 3 aliphatic carbocycles. The van der Waals surface area contributed by atoms with Gasteiger partial charge in [0, 0.05) is 49.2 Å². The van der Waals surface area contributed by atoms with Crippen molar-refractivity contribution < 1.29 is 19.6 Å². The van der Waals surface area contributed by atoms with E-state index in [9.17, 15) is 15.4 Å². The number of aromatic nitrogens is 2. The number of benzene rings is 1. The second-order valence-corrected chi connectivity index (χ2v) is 10.7. The van der Waals surface area contributed by atoms with Gasteiger partial charge in [0.05, 0.1) is 24.8 Å². The molecule has 2 saturated carbocycles. The topological polar surface area (TPSA) is 90.6 Å². The molecule has 3 heterocycles. The molecule has 2 bridgehead atoms. The molecular formula is C24H29N3O4. The molecular weight excluding hydrogens is 394 g/mol. The lowest BCUT2D eigenvalue weighted by atomic mass is 9.47. The summed E-state index contributed by atoms with van der Waals surface area (Å²) in [7, 11) is 0. The number of piperidine rings is 1. The fraction of sp³-hybridized carbons (Fsp3) is 0.625. The average Bonchev–Trinajstić information content (AvgIpc) is 3.25. The van der Waals surface area contributed by atoms with Gasteiger partial charge in [-0.05, 0) is 37.3 Å². The van der Waals surface area contributed by atoms with Gasteiger partial charge in [-0.25, -0.2) is 4.98 Å². The van der Waals surface area contributed by atoms with Crippen LogP contribution in [0.15, 0.2) is 30.9 Å². The van der Waals surface area contributed by atoms with Crippen molar-refractivity contribution in [3.05, 3.63) is 47.2 Å². The molecule has 1 aromatic carbocycles. The molecule has 3 unspecified atom stereocenters. The summed E-state index contributed by atoms with van der Waals surface area (Å²) in [4.78, 5) is 4.18. The van der Waals surface area contributed by atoms with E-state index in [1.54, 1.807) is 12.3 Å². The summed E-state index contributed by atoms with van der Waals surface area (Å²) < 4.78 is 8.35. The van der Waals surface area contributed by atoms with Crippen LogP contribution in [0, 0.1) is 17.0 Å². The van der Waals surface area contributed by atoms with Crippen LogP contribution in [0.2, 0.25) is 0 Å². The summed E-state index contributed by atoms with van der Waals surface area (Å²) in [5, 5.41) is 37.3. The van der Waals surface area contributed by atoms with Crippen LogP contribution in [-0.2, 0) is 18.4 Å². The number of aliphatic hydroxyl groups is 1. The van der Waals surface area contributed by atoms with E-state index < -0.39 is 11.0 Å². The lowest BCUT2D eigenvalue weighted by Crippen LogP contribution is -2.80. The standard InChI is InChI=1S/C24H29N3O4/c28-18-4-3-16-11-19-24(29)6-5-17(12-26-9-8-25-14-26)22-23(24,20(16)21(18)31-22)7-10-27(19,30)13-15-1-2-15/h3-4,8-9,14-15,17,19,22,28-29H,1-2,5-7,10-13H2/t17?,19-,22?,23+,24-,27?/m1/s1. The third kappa shape index (κ3) is 2.22. The number of hydrogen-bond donors (Lipinski definition) is 2. The minimum atomic E-state index is -1.09. The largest absolute Gasteiger partial charge is 0.632 e. The molecule has 0 amide bonds. The second kappa shape index (κ2) is 5.82. The molecule has 31 heavy (non-hydrogen) atoms. The van der Waals surface area contributed by atoms with Crippen molar-refractivity contribution in [2.45, 2.75) is 68.2 Å². The van der Waals surface area contributed by atoms with Crippen molar-refractivity contribution in [2.75, 3.05) is 13.1 Å². The minimum absolute atomic E-state index is 0.149. The van der Waals surface area contributed by atoms with Gasteiger partial charge in [0.1, 0.15) is 17.7 Å². The first-order valence-electron chi connectivity index (χ1n) is 11.7. The lowest BCUT2D eigenvalue weighted by Gasteiger charge is -2.68. The molecule has 2 aliphatic heterocycles. The molecule has 7 rings (SSSR count). The summed E-state index contributed by atoms with van der Waals surface area (Å²) in [5.41, 5.74) is 0.370. The van der Waals surface area contributed by atoms with Crippen molar-refractivity contribution in [1.82, 2.24) is 9.55 Å². The maximum Gasteiger partial charge on any atom is 0.165 e. The Balaban J connectivity index is 1.39. The highest BCUT2D eigenvalue weighted by atomic mass is 16.6. The number of ether oxygens (including phenoxy) is 1.